The molecular weight excluding hydrogens is 352 g/mol. The van der Waals surface area contributed by atoms with Crippen molar-refractivity contribution in [2.45, 2.75) is 51.5 Å². The Balaban J connectivity index is 1.33. The van der Waals surface area contributed by atoms with Gasteiger partial charge in [0.2, 0.25) is 0 Å². The standard InChI is InChI=1S/C21H30N6O/c1-21(2,3)17-6-7-19(28)27(24-17)15-12-25-10-13-26(14-11-25)18-8-9-22-20(23-18)16-4-5-16/h6-9,16H,4-5,10-15H2,1-3H3. The Morgan fingerprint density at radius 3 is 2.46 bits per heavy atom. The van der Waals surface area contributed by atoms with Crippen LogP contribution >= 0.6 is 0 Å². The largest absolute Gasteiger partial charge is 0.354 e. The summed E-state index contributed by atoms with van der Waals surface area (Å²) in [7, 11) is 0. The quantitative estimate of drug-likeness (QED) is 0.788. The van der Waals surface area contributed by atoms with Crippen LogP contribution in [0.25, 0.3) is 0 Å². The van der Waals surface area contributed by atoms with Crippen LogP contribution in [0.2, 0.25) is 0 Å². The Bertz CT molecular complexity index is 875. The molecular formula is C21H30N6O. The van der Waals surface area contributed by atoms with Crippen molar-refractivity contribution in [1.82, 2.24) is 24.6 Å². The van der Waals surface area contributed by atoms with Crippen molar-refractivity contribution in [3.63, 3.8) is 0 Å². The van der Waals surface area contributed by atoms with E-state index in [2.05, 4.69) is 40.7 Å². The molecule has 0 spiro atoms. The van der Waals surface area contributed by atoms with Crippen molar-refractivity contribution in [1.29, 1.82) is 0 Å². The van der Waals surface area contributed by atoms with Crippen molar-refractivity contribution in [3.8, 4) is 0 Å². The molecule has 1 saturated carbocycles. The normalized spacial score (nSPS) is 18.5. The van der Waals surface area contributed by atoms with E-state index in [1.165, 1.54) is 12.8 Å². The summed E-state index contributed by atoms with van der Waals surface area (Å²) >= 11 is 0. The molecule has 2 aromatic heterocycles. The summed E-state index contributed by atoms with van der Waals surface area (Å²) in [4.78, 5) is 26.1. The summed E-state index contributed by atoms with van der Waals surface area (Å²) in [5.41, 5.74) is 0.866. The van der Waals surface area contributed by atoms with Crippen LogP contribution in [0.4, 0.5) is 5.82 Å². The molecule has 0 N–H and O–H groups in total. The second-order valence-electron chi connectivity index (χ2n) is 8.91. The van der Waals surface area contributed by atoms with E-state index in [-0.39, 0.29) is 11.0 Å². The van der Waals surface area contributed by atoms with Crippen molar-refractivity contribution in [2.24, 2.45) is 0 Å². The molecule has 0 radical (unpaired) electrons. The Labute approximate surface area is 166 Å². The summed E-state index contributed by atoms with van der Waals surface area (Å²) in [5.74, 6) is 2.63. The molecule has 0 bridgehead atoms. The van der Waals surface area contributed by atoms with Gasteiger partial charge in [-0.15, -0.1) is 0 Å². The number of piperazine rings is 1. The lowest BCUT2D eigenvalue weighted by Gasteiger charge is -2.35. The zero-order valence-corrected chi connectivity index (χ0v) is 17.1. The molecule has 150 valence electrons. The molecule has 0 unspecified atom stereocenters. The van der Waals surface area contributed by atoms with Crippen LogP contribution < -0.4 is 10.5 Å². The van der Waals surface area contributed by atoms with Gasteiger partial charge in [-0.1, -0.05) is 20.8 Å². The fraction of sp³-hybridized carbons (Fsp3) is 0.619. The molecule has 28 heavy (non-hydrogen) atoms. The van der Waals surface area contributed by atoms with Gasteiger partial charge in [-0.3, -0.25) is 9.69 Å². The Morgan fingerprint density at radius 2 is 1.79 bits per heavy atom. The highest BCUT2D eigenvalue weighted by atomic mass is 16.1. The first-order chi connectivity index (χ1) is 13.4. The van der Waals surface area contributed by atoms with E-state index in [4.69, 9.17) is 4.98 Å². The van der Waals surface area contributed by atoms with Crippen molar-refractivity contribution in [3.05, 3.63) is 46.3 Å². The summed E-state index contributed by atoms with van der Waals surface area (Å²) in [5, 5.41) is 4.57. The zero-order valence-electron chi connectivity index (χ0n) is 17.1. The van der Waals surface area contributed by atoms with E-state index in [1.54, 1.807) is 10.7 Å². The molecule has 2 aromatic rings. The molecule has 2 aliphatic rings. The molecule has 2 fully saturated rings. The zero-order chi connectivity index (χ0) is 19.7. The topological polar surface area (TPSA) is 67.2 Å². The highest BCUT2D eigenvalue weighted by Crippen LogP contribution is 2.38. The Morgan fingerprint density at radius 1 is 1.04 bits per heavy atom. The van der Waals surface area contributed by atoms with E-state index >= 15 is 0 Å². The molecule has 1 saturated heterocycles. The molecule has 1 aliphatic carbocycles. The maximum Gasteiger partial charge on any atom is 0.266 e. The van der Waals surface area contributed by atoms with Crippen molar-refractivity contribution in [2.75, 3.05) is 37.6 Å². The molecule has 7 nitrogen and oxygen atoms in total. The van der Waals surface area contributed by atoms with Gasteiger partial charge in [0.15, 0.2) is 0 Å². The average Bonchev–Trinajstić information content (AvgIpc) is 3.52. The minimum Gasteiger partial charge on any atom is -0.354 e. The van der Waals surface area contributed by atoms with Crippen LogP contribution in [0.3, 0.4) is 0 Å². The number of hydrogen-bond acceptors (Lipinski definition) is 6. The number of anilines is 1. The smallest absolute Gasteiger partial charge is 0.266 e. The number of hydrogen-bond donors (Lipinski definition) is 0. The third kappa shape index (κ3) is 4.41. The minimum atomic E-state index is -0.0576. The van der Waals surface area contributed by atoms with E-state index in [0.717, 1.165) is 50.1 Å². The monoisotopic (exact) mass is 382 g/mol. The molecule has 0 aromatic carbocycles. The highest BCUT2D eigenvalue weighted by molar-refractivity contribution is 5.38. The van der Waals surface area contributed by atoms with Crippen LogP contribution in [0.1, 0.15) is 51.0 Å². The summed E-state index contributed by atoms with van der Waals surface area (Å²) in [6.07, 6.45) is 4.34. The first-order valence-electron chi connectivity index (χ1n) is 10.3. The van der Waals surface area contributed by atoms with E-state index < -0.39 is 0 Å². The lowest BCUT2D eigenvalue weighted by molar-refractivity contribution is 0.241. The first-order valence-corrected chi connectivity index (χ1v) is 10.3. The molecule has 1 aliphatic heterocycles. The maximum absolute atomic E-state index is 12.2. The second kappa shape index (κ2) is 7.62. The molecule has 7 heteroatoms. The SMILES string of the molecule is CC(C)(C)c1ccc(=O)n(CCN2CCN(c3ccnc(C4CC4)n3)CC2)n1. The third-order valence-electron chi connectivity index (χ3n) is 5.56. The summed E-state index contributed by atoms with van der Waals surface area (Å²) in [6.45, 7) is 11.7. The maximum atomic E-state index is 12.2. The predicted octanol–water partition coefficient (Wildman–Crippen LogP) is 2.03. The van der Waals surface area contributed by atoms with Crippen LogP contribution in [0.15, 0.2) is 29.2 Å². The Hall–Kier alpha value is -2.28. The average molecular weight is 383 g/mol. The van der Waals surface area contributed by atoms with E-state index in [0.29, 0.717) is 12.5 Å². The van der Waals surface area contributed by atoms with Gasteiger partial charge >= 0.3 is 0 Å². The van der Waals surface area contributed by atoms with E-state index in [9.17, 15) is 4.79 Å². The molecule has 3 heterocycles. The molecule has 0 atom stereocenters. The third-order valence-corrected chi connectivity index (χ3v) is 5.56. The van der Waals surface area contributed by atoms with Gasteiger partial charge in [-0.2, -0.15) is 5.10 Å². The van der Waals surface area contributed by atoms with Gasteiger partial charge < -0.3 is 4.90 Å². The van der Waals surface area contributed by atoms with Crippen LogP contribution in [0, 0.1) is 0 Å². The number of aromatic nitrogens is 4. The van der Waals surface area contributed by atoms with Gasteiger partial charge in [-0.05, 0) is 25.0 Å². The Kier molecular flexibility index (Phi) is 5.19. The van der Waals surface area contributed by atoms with Crippen LogP contribution in [-0.4, -0.2) is 57.4 Å². The van der Waals surface area contributed by atoms with Gasteiger partial charge in [0.05, 0.1) is 12.2 Å². The van der Waals surface area contributed by atoms with E-state index in [1.807, 2.05) is 18.3 Å². The van der Waals surface area contributed by atoms with Crippen LogP contribution in [-0.2, 0) is 12.0 Å². The second-order valence-corrected chi connectivity index (χ2v) is 8.91. The van der Waals surface area contributed by atoms with Gasteiger partial charge in [0.1, 0.15) is 11.6 Å². The predicted molar refractivity (Wildman–Crippen MR) is 110 cm³/mol. The fourth-order valence-corrected chi connectivity index (χ4v) is 3.52. The number of nitrogens with zero attached hydrogens (tertiary/aromatic N) is 6. The van der Waals surface area contributed by atoms with Crippen LogP contribution in [0.5, 0.6) is 0 Å². The fourth-order valence-electron chi connectivity index (χ4n) is 3.52. The lowest BCUT2D eigenvalue weighted by Crippen LogP contribution is -2.48. The number of rotatable bonds is 5. The minimum absolute atomic E-state index is 0.0276. The summed E-state index contributed by atoms with van der Waals surface area (Å²) < 4.78 is 1.61. The van der Waals surface area contributed by atoms with Gasteiger partial charge in [-0.25, -0.2) is 14.6 Å². The lowest BCUT2D eigenvalue weighted by atomic mass is 9.92. The van der Waals surface area contributed by atoms with Gasteiger partial charge in [0, 0.05) is 56.3 Å². The van der Waals surface area contributed by atoms with Gasteiger partial charge in [0.25, 0.3) is 5.56 Å². The summed E-state index contributed by atoms with van der Waals surface area (Å²) in [6, 6.07) is 5.50. The molecule has 4 rings (SSSR count). The highest BCUT2D eigenvalue weighted by Gasteiger charge is 2.27. The molecule has 0 amide bonds. The van der Waals surface area contributed by atoms with Crippen molar-refractivity contribution < 1.29 is 0 Å². The first kappa shape index (κ1) is 19.1. The van der Waals surface area contributed by atoms with Crippen molar-refractivity contribution >= 4 is 5.82 Å².